The van der Waals surface area contributed by atoms with Crippen molar-refractivity contribution < 1.29 is 14.7 Å². The van der Waals surface area contributed by atoms with E-state index in [1.807, 2.05) is 24.3 Å². The normalized spacial score (nSPS) is 11.7. The van der Waals surface area contributed by atoms with E-state index in [0.29, 0.717) is 0 Å². The number of nitrogens with zero attached hydrogens (tertiary/aromatic N) is 1. The van der Waals surface area contributed by atoms with Crippen LogP contribution in [0.4, 0.5) is 0 Å². The fourth-order valence-electron chi connectivity index (χ4n) is 1.81. The Morgan fingerprint density at radius 1 is 1.19 bits per heavy atom. The molecule has 0 bridgehead atoms. The molecule has 108 valence electrons. The number of carboxylic acid groups (broad SMARTS) is 1. The minimum absolute atomic E-state index is 0.190. The second-order valence-corrected chi connectivity index (χ2v) is 5.23. The Morgan fingerprint density at radius 3 is 2.52 bits per heavy atom. The molecule has 1 amide bonds. The third-order valence-corrected chi connectivity index (χ3v) is 3.66. The van der Waals surface area contributed by atoms with Gasteiger partial charge in [0.25, 0.3) is 5.91 Å². The van der Waals surface area contributed by atoms with Gasteiger partial charge in [-0.2, -0.15) is 0 Å². The molecule has 1 aromatic carbocycles. The molecular weight excluding hydrogens is 336 g/mol. The highest BCUT2D eigenvalue weighted by Gasteiger charge is 2.22. The zero-order chi connectivity index (χ0) is 15.2. The lowest BCUT2D eigenvalue weighted by Crippen LogP contribution is -2.42. The molecule has 1 aromatic heterocycles. The third-order valence-electron chi connectivity index (χ3n) is 2.88. The fourth-order valence-corrected chi connectivity index (χ4v) is 2.26. The Labute approximate surface area is 130 Å². The number of carbonyl (C=O) groups is 2. The van der Waals surface area contributed by atoms with Crippen LogP contribution in [-0.2, 0) is 11.2 Å². The van der Waals surface area contributed by atoms with E-state index in [-0.39, 0.29) is 12.1 Å². The average molecular weight is 349 g/mol. The zero-order valence-electron chi connectivity index (χ0n) is 11.0. The molecule has 6 heteroatoms. The van der Waals surface area contributed by atoms with Crippen LogP contribution in [0.5, 0.6) is 0 Å². The molecule has 0 radical (unpaired) electrons. The molecule has 0 saturated carbocycles. The summed E-state index contributed by atoms with van der Waals surface area (Å²) in [6.45, 7) is 0. The summed E-state index contributed by atoms with van der Waals surface area (Å²) in [5.41, 5.74) is 1.00. The highest BCUT2D eigenvalue weighted by molar-refractivity contribution is 9.10. The van der Waals surface area contributed by atoms with Crippen LogP contribution < -0.4 is 5.32 Å². The van der Waals surface area contributed by atoms with Gasteiger partial charge in [-0.3, -0.25) is 9.78 Å². The number of amides is 1. The molecule has 0 fully saturated rings. The van der Waals surface area contributed by atoms with Crippen molar-refractivity contribution in [1.29, 1.82) is 0 Å². The first-order valence-electron chi connectivity index (χ1n) is 6.26. The lowest BCUT2D eigenvalue weighted by atomic mass is 10.1. The quantitative estimate of drug-likeness (QED) is 0.868. The van der Waals surface area contributed by atoms with Crippen LogP contribution in [-0.4, -0.2) is 28.0 Å². The topological polar surface area (TPSA) is 79.3 Å². The van der Waals surface area contributed by atoms with Crippen molar-refractivity contribution in [2.75, 3.05) is 0 Å². The molecule has 2 aromatic rings. The number of hydrogen-bond donors (Lipinski definition) is 2. The van der Waals surface area contributed by atoms with Gasteiger partial charge in [-0.1, -0.05) is 40.2 Å². The summed E-state index contributed by atoms with van der Waals surface area (Å²) < 4.78 is 0.809. The lowest BCUT2D eigenvalue weighted by molar-refractivity contribution is -0.139. The number of aliphatic carboxylic acids is 1. The number of pyridine rings is 1. The van der Waals surface area contributed by atoms with Gasteiger partial charge in [-0.05, 0) is 23.8 Å². The maximum atomic E-state index is 12.0. The highest BCUT2D eigenvalue weighted by Crippen LogP contribution is 2.17. The Kier molecular flexibility index (Phi) is 5.05. The minimum Gasteiger partial charge on any atom is -0.480 e. The van der Waals surface area contributed by atoms with Crippen molar-refractivity contribution in [2.24, 2.45) is 0 Å². The summed E-state index contributed by atoms with van der Waals surface area (Å²) in [7, 11) is 0. The van der Waals surface area contributed by atoms with Gasteiger partial charge < -0.3 is 10.4 Å². The van der Waals surface area contributed by atoms with E-state index in [1.165, 1.54) is 12.3 Å². The van der Waals surface area contributed by atoms with E-state index < -0.39 is 17.9 Å². The Balaban J connectivity index is 2.12. The monoisotopic (exact) mass is 348 g/mol. The number of carboxylic acids is 1. The molecule has 0 spiro atoms. The SMILES string of the molecule is O=C(N[C@@H](Cc1ccccc1Br)C(=O)O)c1ccccn1. The van der Waals surface area contributed by atoms with Crippen molar-refractivity contribution >= 4 is 27.8 Å². The molecule has 2 N–H and O–H groups in total. The molecule has 1 heterocycles. The van der Waals surface area contributed by atoms with Crippen LogP contribution in [0.25, 0.3) is 0 Å². The second kappa shape index (κ2) is 6.99. The number of benzene rings is 1. The van der Waals surface area contributed by atoms with Gasteiger partial charge >= 0.3 is 5.97 Å². The van der Waals surface area contributed by atoms with Gasteiger partial charge in [0, 0.05) is 17.1 Å². The maximum Gasteiger partial charge on any atom is 0.326 e. The predicted molar refractivity (Wildman–Crippen MR) is 81.0 cm³/mol. The minimum atomic E-state index is -1.09. The van der Waals surface area contributed by atoms with E-state index in [1.54, 1.807) is 12.1 Å². The summed E-state index contributed by atoms with van der Waals surface area (Å²) in [4.78, 5) is 27.2. The van der Waals surface area contributed by atoms with Crippen molar-refractivity contribution in [1.82, 2.24) is 10.3 Å². The molecule has 1 atom stereocenters. The predicted octanol–water partition coefficient (Wildman–Crippen LogP) is 2.27. The first-order valence-corrected chi connectivity index (χ1v) is 7.05. The van der Waals surface area contributed by atoms with E-state index in [0.717, 1.165) is 10.0 Å². The molecule has 5 nitrogen and oxygen atoms in total. The van der Waals surface area contributed by atoms with E-state index >= 15 is 0 Å². The number of halogens is 1. The van der Waals surface area contributed by atoms with Crippen LogP contribution in [0.3, 0.4) is 0 Å². The number of aromatic nitrogens is 1. The van der Waals surface area contributed by atoms with Gasteiger partial charge in [0.05, 0.1) is 0 Å². The molecule has 2 rings (SSSR count). The summed E-state index contributed by atoms with van der Waals surface area (Å²) in [6, 6.07) is 11.2. The van der Waals surface area contributed by atoms with Crippen molar-refractivity contribution in [3.63, 3.8) is 0 Å². The molecule has 0 aliphatic rings. The van der Waals surface area contributed by atoms with Gasteiger partial charge in [0.15, 0.2) is 0 Å². The van der Waals surface area contributed by atoms with Crippen LogP contribution in [0.2, 0.25) is 0 Å². The molecule has 0 aliphatic heterocycles. The van der Waals surface area contributed by atoms with Gasteiger partial charge in [-0.25, -0.2) is 4.79 Å². The molecule has 21 heavy (non-hydrogen) atoms. The Hall–Kier alpha value is -2.21. The highest BCUT2D eigenvalue weighted by atomic mass is 79.9. The van der Waals surface area contributed by atoms with Crippen LogP contribution in [0.15, 0.2) is 53.1 Å². The zero-order valence-corrected chi connectivity index (χ0v) is 12.6. The number of carbonyl (C=O) groups excluding carboxylic acids is 1. The van der Waals surface area contributed by atoms with Gasteiger partial charge in [-0.15, -0.1) is 0 Å². The van der Waals surface area contributed by atoms with Crippen LogP contribution >= 0.6 is 15.9 Å². The van der Waals surface area contributed by atoms with Crippen LogP contribution in [0.1, 0.15) is 16.1 Å². The van der Waals surface area contributed by atoms with E-state index in [4.69, 9.17) is 0 Å². The van der Waals surface area contributed by atoms with E-state index in [9.17, 15) is 14.7 Å². The molecule has 0 saturated heterocycles. The first-order chi connectivity index (χ1) is 10.1. The first kappa shape index (κ1) is 15.2. The fraction of sp³-hybridized carbons (Fsp3) is 0.133. The van der Waals surface area contributed by atoms with Crippen molar-refractivity contribution in [3.05, 3.63) is 64.4 Å². The Morgan fingerprint density at radius 2 is 1.90 bits per heavy atom. The third kappa shape index (κ3) is 4.13. The standard InChI is InChI=1S/C15H13BrN2O3/c16-11-6-2-1-5-10(11)9-13(15(20)21)18-14(19)12-7-3-4-8-17-12/h1-8,13H,9H2,(H,18,19)(H,20,21)/t13-/m0/s1. The van der Waals surface area contributed by atoms with Gasteiger partial charge in [0.2, 0.25) is 0 Å². The van der Waals surface area contributed by atoms with Crippen LogP contribution in [0, 0.1) is 0 Å². The van der Waals surface area contributed by atoms with Crippen molar-refractivity contribution in [3.8, 4) is 0 Å². The summed E-state index contributed by atoms with van der Waals surface area (Å²) >= 11 is 3.37. The van der Waals surface area contributed by atoms with Gasteiger partial charge in [0.1, 0.15) is 11.7 Å². The summed E-state index contributed by atoms with van der Waals surface area (Å²) in [6.07, 6.45) is 1.67. The number of hydrogen-bond acceptors (Lipinski definition) is 3. The lowest BCUT2D eigenvalue weighted by Gasteiger charge is -2.15. The number of rotatable bonds is 5. The van der Waals surface area contributed by atoms with E-state index in [2.05, 4.69) is 26.2 Å². The largest absolute Gasteiger partial charge is 0.480 e. The maximum absolute atomic E-state index is 12.0. The number of nitrogens with one attached hydrogen (secondary N) is 1. The average Bonchev–Trinajstić information content (AvgIpc) is 2.49. The van der Waals surface area contributed by atoms with Crippen molar-refractivity contribution in [2.45, 2.75) is 12.5 Å². The Bertz CT molecular complexity index is 646. The smallest absolute Gasteiger partial charge is 0.326 e. The summed E-state index contributed by atoms with van der Waals surface area (Å²) in [5.74, 6) is -1.59. The molecule has 0 unspecified atom stereocenters. The summed E-state index contributed by atoms with van der Waals surface area (Å²) in [5, 5.41) is 11.8. The molecule has 0 aliphatic carbocycles. The molecular formula is C15H13BrN2O3. The second-order valence-electron chi connectivity index (χ2n) is 4.37.